The third-order valence-corrected chi connectivity index (χ3v) is 5.62. The molecule has 8 nitrogen and oxygen atoms in total. The van der Waals surface area contributed by atoms with E-state index in [9.17, 15) is 9.59 Å². The minimum Gasteiger partial charge on any atom is -0.497 e. The molecular formula is C27H34N4O4. The van der Waals surface area contributed by atoms with Gasteiger partial charge in [0.15, 0.2) is 0 Å². The lowest BCUT2D eigenvalue weighted by molar-refractivity contribution is -0.117. The van der Waals surface area contributed by atoms with Crippen molar-refractivity contribution in [2.45, 2.75) is 33.1 Å². The summed E-state index contributed by atoms with van der Waals surface area (Å²) in [7, 11) is 3.18. The number of nitrogens with zero attached hydrogens (tertiary/aromatic N) is 3. The van der Waals surface area contributed by atoms with Crippen LogP contribution >= 0.6 is 0 Å². The first-order valence-electron chi connectivity index (χ1n) is 11.5. The van der Waals surface area contributed by atoms with Crippen molar-refractivity contribution >= 4 is 17.6 Å². The van der Waals surface area contributed by atoms with Crippen LogP contribution in [0.15, 0.2) is 54.6 Å². The lowest BCUT2D eigenvalue weighted by Gasteiger charge is -2.23. The van der Waals surface area contributed by atoms with Gasteiger partial charge in [-0.05, 0) is 42.8 Å². The predicted molar refractivity (Wildman–Crippen MR) is 136 cm³/mol. The zero-order valence-electron chi connectivity index (χ0n) is 21.3. The van der Waals surface area contributed by atoms with Gasteiger partial charge in [-0.3, -0.25) is 9.59 Å². The number of aromatic nitrogens is 2. The van der Waals surface area contributed by atoms with Crippen LogP contribution < -0.4 is 10.1 Å². The van der Waals surface area contributed by atoms with E-state index in [-0.39, 0.29) is 23.8 Å². The van der Waals surface area contributed by atoms with E-state index < -0.39 is 0 Å². The highest BCUT2D eigenvalue weighted by Crippen LogP contribution is 2.27. The quantitative estimate of drug-likeness (QED) is 0.498. The predicted octanol–water partition coefficient (Wildman–Crippen LogP) is 4.21. The van der Waals surface area contributed by atoms with Gasteiger partial charge in [0.05, 0.1) is 25.1 Å². The number of carbonyl (C=O) groups is 2. The van der Waals surface area contributed by atoms with E-state index in [0.717, 1.165) is 22.7 Å². The van der Waals surface area contributed by atoms with Crippen LogP contribution in [0, 0.1) is 6.92 Å². The fourth-order valence-corrected chi connectivity index (χ4v) is 3.55. The summed E-state index contributed by atoms with van der Waals surface area (Å²) in [5.41, 5.74) is 2.81. The van der Waals surface area contributed by atoms with Crippen LogP contribution in [0.5, 0.6) is 5.75 Å². The molecule has 0 aliphatic carbocycles. The van der Waals surface area contributed by atoms with Crippen molar-refractivity contribution in [2.24, 2.45) is 0 Å². The summed E-state index contributed by atoms with van der Waals surface area (Å²) < 4.78 is 12.1. The number of hydrogen-bond acceptors (Lipinski definition) is 5. The third kappa shape index (κ3) is 6.48. The molecule has 0 saturated heterocycles. The second-order valence-electron chi connectivity index (χ2n) is 9.36. The summed E-state index contributed by atoms with van der Waals surface area (Å²) in [6.45, 7) is 8.56. The molecule has 0 unspecified atom stereocenters. The molecule has 0 spiro atoms. The Balaban J connectivity index is 1.87. The van der Waals surface area contributed by atoms with Crippen LogP contribution in [0.3, 0.4) is 0 Å². The Labute approximate surface area is 206 Å². The molecule has 0 aliphatic rings. The van der Waals surface area contributed by atoms with Gasteiger partial charge in [-0.1, -0.05) is 39.0 Å². The Kier molecular flexibility index (Phi) is 8.30. The van der Waals surface area contributed by atoms with Gasteiger partial charge in [-0.2, -0.15) is 5.10 Å². The van der Waals surface area contributed by atoms with Crippen LogP contribution in [0.4, 0.5) is 5.82 Å². The normalized spacial score (nSPS) is 11.3. The molecule has 1 heterocycles. The molecule has 1 aromatic heterocycles. The number of hydrogen-bond donors (Lipinski definition) is 1. The van der Waals surface area contributed by atoms with Crippen molar-refractivity contribution in [1.29, 1.82) is 0 Å². The maximum absolute atomic E-state index is 13.2. The summed E-state index contributed by atoms with van der Waals surface area (Å²) in [6, 6.07) is 16.6. The van der Waals surface area contributed by atoms with Crippen LogP contribution in [-0.4, -0.2) is 60.4 Å². The molecule has 1 N–H and O–H groups in total. The average molecular weight is 479 g/mol. The Bertz CT molecular complexity index is 1160. The number of amides is 2. The number of carbonyl (C=O) groups excluding carboxylic acids is 2. The Hall–Kier alpha value is -3.65. The van der Waals surface area contributed by atoms with Gasteiger partial charge in [0.2, 0.25) is 5.91 Å². The minimum absolute atomic E-state index is 0.116. The summed E-state index contributed by atoms with van der Waals surface area (Å²) in [5.74, 6) is 0.721. The van der Waals surface area contributed by atoms with E-state index in [2.05, 4.69) is 26.1 Å². The molecule has 35 heavy (non-hydrogen) atoms. The summed E-state index contributed by atoms with van der Waals surface area (Å²) in [6.07, 6.45) is 0. The first kappa shape index (κ1) is 26.0. The van der Waals surface area contributed by atoms with Crippen molar-refractivity contribution in [2.75, 3.05) is 39.2 Å². The van der Waals surface area contributed by atoms with Gasteiger partial charge < -0.3 is 19.7 Å². The number of aryl methyl sites for hydroxylation is 1. The molecule has 0 saturated carbocycles. The second-order valence-corrected chi connectivity index (χ2v) is 9.36. The zero-order chi connectivity index (χ0) is 25.6. The molecule has 2 amide bonds. The molecule has 186 valence electrons. The van der Waals surface area contributed by atoms with Gasteiger partial charge in [0.25, 0.3) is 5.91 Å². The van der Waals surface area contributed by atoms with Gasteiger partial charge in [-0.25, -0.2) is 4.68 Å². The van der Waals surface area contributed by atoms with Gasteiger partial charge in [0.1, 0.15) is 18.1 Å². The van der Waals surface area contributed by atoms with E-state index in [1.54, 1.807) is 25.0 Å². The summed E-state index contributed by atoms with van der Waals surface area (Å²) in [5, 5.41) is 7.70. The highest BCUT2D eigenvalue weighted by atomic mass is 16.5. The van der Waals surface area contributed by atoms with E-state index in [0.29, 0.717) is 24.5 Å². The van der Waals surface area contributed by atoms with Gasteiger partial charge in [-0.15, -0.1) is 0 Å². The lowest BCUT2D eigenvalue weighted by Crippen LogP contribution is -2.40. The molecule has 0 aliphatic heterocycles. The van der Waals surface area contributed by atoms with E-state index in [1.807, 2.05) is 55.5 Å². The van der Waals surface area contributed by atoms with Crippen molar-refractivity contribution in [3.05, 3.63) is 71.4 Å². The number of benzene rings is 2. The fraction of sp³-hybridized carbons (Fsp3) is 0.370. The lowest BCUT2D eigenvalue weighted by atomic mass is 9.92. The topological polar surface area (TPSA) is 85.7 Å². The minimum atomic E-state index is -0.321. The van der Waals surface area contributed by atoms with E-state index in [4.69, 9.17) is 14.6 Å². The number of nitrogens with one attached hydrogen (secondary N) is 1. The molecule has 0 radical (unpaired) electrons. The van der Waals surface area contributed by atoms with Gasteiger partial charge >= 0.3 is 0 Å². The molecule has 3 rings (SSSR count). The molecule has 0 atom stereocenters. The molecule has 0 fully saturated rings. The van der Waals surface area contributed by atoms with Crippen LogP contribution in [0.1, 0.15) is 42.4 Å². The first-order chi connectivity index (χ1) is 16.6. The van der Waals surface area contributed by atoms with Crippen LogP contribution in [0.2, 0.25) is 0 Å². The highest BCUT2D eigenvalue weighted by Gasteiger charge is 2.24. The van der Waals surface area contributed by atoms with Crippen molar-refractivity contribution in [1.82, 2.24) is 14.7 Å². The molecule has 0 bridgehead atoms. The first-order valence-corrected chi connectivity index (χ1v) is 11.5. The SMILES string of the molecule is COCCN(CC(=O)Nc1cc(C(C)(C)C)nn1-c1ccc(OC)cc1)C(=O)c1ccccc1C. The maximum Gasteiger partial charge on any atom is 0.254 e. The van der Waals surface area contributed by atoms with Crippen molar-refractivity contribution in [3.63, 3.8) is 0 Å². The monoisotopic (exact) mass is 478 g/mol. The molecular weight excluding hydrogens is 444 g/mol. The Morgan fingerprint density at radius 2 is 1.74 bits per heavy atom. The second kappa shape index (κ2) is 11.2. The van der Waals surface area contributed by atoms with Crippen molar-refractivity contribution < 1.29 is 19.1 Å². The van der Waals surface area contributed by atoms with Crippen LogP contribution in [0.25, 0.3) is 5.69 Å². The standard InChI is InChI=1S/C27H34N4O4/c1-19-9-7-8-10-22(19)26(33)30(15-16-34-5)18-25(32)28-24-17-23(27(2,3)4)29-31(24)20-11-13-21(35-6)14-12-20/h7-14,17H,15-16,18H2,1-6H3,(H,28,32). The molecule has 3 aromatic rings. The number of rotatable bonds is 9. The zero-order valence-corrected chi connectivity index (χ0v) is 21.3. The fourth-order valence-electron chi connectivity index (χ4n) is 3.55. The van der Waals surface area contributed by atoms with Crippen LogP contribution in [-0.2, 0) is 14.9 Å². The summed E-state index contributed by atoms with van der Waals surface area (Å²) in [4.78, 5) is 27.8. The summed E-state index contributed by atoms with van der Waals surface area (Å²) >= 11 is 0. The molecule has 8 heteroatoms. The Morgan fingerprint density at radius 1 is 1.06 bits per heavy atom. The third-order valence-electron chi connectivity index (χ3n) is 5.62. The number of anilines is 1. The maximum atomic E-state index is 13.2. The van der Waals surface area contributed by atoms with Crippen molar-refractivity contribution in [3.8, 4) is 11.4 Å². The molecule has 2 aromatic carbocycles. The average Bonchev–Trinajstić information content (AvgIpc) is 3.26. The smallest absolute Gasteiger partial charge is 0.254 e. The van der Waals surface area contributed by atoms with E-state index >= 15 is 0 Å². The largest absolute Gasteiger partial charge is 0.497 e. The number of ether oxygens (including phenoxy) is 2. The van der Waals surface area contributed by atoms with E-state index in [1.165, 1.54) is 4.90 Å². The highest BCUT2D eigenvalue weighted by molar-refractivity contribution is 6.00. The number of methoxy groups -OCH3 is 2. The Morgan fingerprint density at radius 3 is 2.34 bits per heavy atom. The van der Waals surface area contributed by atoms with Gasteiger partial charge in [0, 0.05) is 30.7 Å².